The van der Waals surface area contributed by atoms with Crippen molar-refractivity contribution in [2.24, 2.45) is 5.92 Å². The van der Waals surface area contributed by atoms with Crippen LogP contribution in [0.25, 0.3) is 10.9 Å². The Balaban J connectivity index is 1.57. The van der Waals surface area contributed by atoms with Crippen LogP contribution in [-0.4, -0.2) is 38.4 Å². The molecule has 1 saturated heterocycles. The van der Waals surface area contributed by atoms with Gasteiger partial charge in [0.2, 0.25) is 0 Å². The normalized spacial score (nSPS) is 19.3. The van der Waals surface area contributed by atoms with Crippen LogP contribution in [0.1, 0.15) is 36.9 Å². The van der Waals surface area contributed by atoms with E-state index in [0.29, 0.717) is 24.0 Å². The van der Waals surface area contributed by atoms with E-state index >= 15 is 0 Å². The summed E-state index contributed by atoms with van der Waals surface area (Å²) in [6.07, 6.45) is 5.03. The van der Waals surface area contributed by atoms with Crippen molar-refractivity contribution >= 4 is 34.2 Å². The van der Waals surface area contributed by atoms with E-state index in [0.717, 1.165) is 34.9 Å². The number of carbonyl (C=O) groups is 2. The molecule has 0 aliphatic carbocycles. The van der Waals surface area contributed by atoms with Crippen molar-refractivity contribution in [3.05, 3.63) is 47.8 Å². The van der Waals surface area contributed by atoms with Gasteiger partial charge in [0.15, 0.2) is 0 Å². The van der Waals surface area contributed by atoms with Crippen molar-refractivity contribution in [3.63, 3.8) is 0 Å². The van der Waals surface area contributed by atoms with Gasteiger partial charge in [0.05, 0.1) is 29.6 Å². The summed E-state index contributed by atoms with van der Waals surface area (Å²) in [5.41, 5.74) is 8.83. The van der Waals surface area contributed by atoms with Gasteiger partial charge in [-0.05, 0) is 48.9 Å². The quantitative estimate of drug-likeness (QED) is 0.580. The Morgan fingerprint density at radius 1 is 1.24 bits per heavy atom. The maximum Gasteiger partial charge on any atom is 0.313 e. The number of rotatable bonds is 2. The first-order chi connectivity index (χ1) is 13.9. The van der Waals surface area contributed by atoms with E-state index in [1.165, 1.54) is 6.20 Å². The third kappa shape index (κ3) is 3.78. The van der Waals surface area contributed by atoms with Crippen LogP contribution in [0, 0.1) is 12.8 Å². The molecule has 3 heterocycles. The number of hydrogen-bond donors (Lipinski definition) is 3. The van der Waals surface area contributed by atoms with Crippen molar-refractivity contribution < 1.29 is 9.59 Å². The summed E-state index contributed by atoms with van der Waals surface area (Å²) in [5, 5.41) is 10.7. The number of fused-ring (bicyclic) bond motifs is 1. The molecule has 0 bridgehead atoms. The summed E-state index contributed by atoms with van der Waals surface area (Å²) in [5.74, 6) is -0.480. The highest BCUT2D eigenvalue weighted by Gasteiger charge is 2.34. The molecule has 2 amide bonds. The van der Waals surface area contributed by atoms with Crippen LogP contribution in [0.4, 0.5) is 11.5 Å². The van der Waals surface area contributed by atoms with Gasteiger partial charge in [0, 0.05) is 11.9 Å². The Morgan fingerprint density at radius 2 is 2.07 bits per heavy atom. The number of nitrogens with zero attached hydrogens (tertiary/aromatic N) is 3. The van der Waals surface area contributed by atoms with Gasteiger partial charge < -0.3 is 16.0 Å². The lowest BCUT2D eigenvalue weighted by atomic mass is 9.89. The van der Waals surface area contributed by atoms with Gasteiger partial charge in [-0.3, -0.25) is 14.7 Å². The number of piperidine rings is 1. The molecule has 3 aromatic rings. The first-order valence-electron chi connectivity index (χ1n) is 9.69. The van der Waals surface area contributed by atoms with Gasteiger partial charge >= 0.3 is 11.8 Å². The highest BCUT2D eigenvalue weighted by atomic mass is 16.2. The van der Waals surface area contributed by atoms with Crippen molar-refractivity contribution in [2.45, 2.75) is 32.7 Å². The molecule has 0 saturated carbocycles. The lowest BCUT2D eigenvalue weighted by Gasteiger charge is -2.38. The molecule has 1 aliphatic heterocycles. The molecule has 1 fully saturated rings. The van der Waals surface area contributed by atoms with Crippen molar-refractivity contribution in [1.29, 1.82) is 0 Å². The lowest BCUT2D eigenvalue weighted by Crippen LogP contribution is -2.46. The van der Waals surface area contributed by atoms with Crippen molar-refractivity contribution in [1.82, 2.24) is 20.1 Å². The molecule has 0 unspecified atom stereocenters. The molecule has 4 rings (SSSR count). The van der Waals surface area contributed by atoms with E-state index in [1.54, 1.807) is 24.1 Å². The Labute approximate surface area is 168 Å². The fourth-order valence-corrected chi connectivity index (χ4v) is 3.85. The lowest BCUT2D eigenvalue weighted by molar-refractivity contribution is -0.146. The largest absolute Gasteiger partial charge is 0.383 e. The van der Waals surface area contributed by atoms with Gasteiger partial charge in [0.25, 0.3) is 0 Å². The minimum absolute atomic E-state index is 0.150. The monoisotopic (exact) mass is 392 g/mol. The molecule has 4 N–H and O–H groups in total. The summed E-state index contributed by atoms with van der Waals surface area (Å²) in [4.78, 5) is 31.4. The molecule has 1 aliphatic rings. The minimum atomic E-state index is -0.669. The van der Waals surface area contributed by atoms with Gasteiger partial charge in [-0.15, -0.1) is 0 Å². The van der Waals surface area contributed by atoms with Gasteiger partial charge in [-0.1, -0.05) is 19.1 Å². The molecule has 8 nitrogen and oxygen atoms in total. The van der Waals surface area contributed by atoms with Gasteiger partial charge in [-0.25, -0.2) is 4.98 Å². The topological polar surface area (TPSA) is 117 Å². The Bertz CT molecular complexity index is 1080. The molecule has 2 atom stereocenters. The number of anilines is 2. The third-order valence-electron chi connectivity index (χ3n) is 5.50. The highest BCUT2D eigenvalue weighted by Crippen LogP contribution is 2.34. The number of nitrogens with two attached hydrogens (primary N) is 1. The maximum atomic E-state index is 13.0. The van der Waals surface area contributed by atoms with Crippen LogP contribution in [0.3, 0.4) is 0 Å². The molecular weight excluding hydrogens is 368 g/mol. The molecule has 2 aromatic heterocycles. The first-order valence-corrected chi connectivity index (χ1v) is 9.69. The zero-order valence-corrected chi connectivity index (χ0v) is 16.5. The van der Waals surface area contributed by atoms with E-state index in [2.05, 4.69) is 27.4 Å². The van der Waals surface area contributed by atoms with Crippen molar-refractivity contribution in [2.75, 3.05) is 17.6 Å². The van der Waals surface area contributed by atoms with Crippen molar-refractivity contribution in [3.8, 4) is 0 Å². The second kappa shape index (κ2) is 7.54. The van der Waals surface area contributed by atoms with Crippen LogP contribution in [0.15, 0.2) is 36.7 Å². The number of H-pyrrole nitrogens is 1. The SMILES string of the molecule is Cc1cc(NC(=O)C(=O)N2C[C@H](C)CC[C@H]2c2ccc3cn[nH]c3c2)cnc1N. The van der Waals surface area contributed by atoms with Gasteiger partial charge in [-0.2, -0.15) is 5.10 Å². The number of likely N-dealkylation sites (tertiary alicyclic amines) is 1. The highest BCUT2D eigenvalue weighted by molar-refractivity contribution is 6.39. The average Bonchev–Trinajstić information content (AvgIpc) is 3.18. The Morgan fingerprint density at radius 3 is 2.86 bits per heavy atom. The molecule has 29 heavy (non-hydrogen) atoms. The number of carbonyl (C=O) groups excluding carboxylic acids is 2. The number of nitrogen functional groups attached to an aromatic ring is 1. The zero-order valence-electron chi connectivity index (χ0n) is 16.5. The fraction of sp³-hybridized carbons (Fsp3) is 0.333. The number of pyridine rings is 1. The predicted molar refractivity (Wildman–Crippen MR) is 111 cm³/mol. The molecule has 1 aromatic carbocycles. The summed E-state index contributed by atoms with van der Waals surface area (Å²) in [7, 11) is 0. The van der Waals surface area contributed by atoms with Crippen LogP contribution < -0.4 is 11.1 Å². The van der Waals surface area contributed by atoms with E-state index in [9.17, 15) is 9.59 Å². The van der Waals surface area contributed by atoms with Gasteiger partial charge in [0.1, 0.15) is 5.82 Å². The number of amides is 2. The van der Waals surface area contributed by atoms with E-state index < -0.39 is 11.8 Å². The number of benzene rings is 1. The summed E-state index contributed by atoms with van der Waals surface area (Å²) in [6, 6.07) is 7.55. The number of aromatic amines is 1. The summed E-state index contributed by atoms with van der Waals surface area (Å²) >= 11 is 0. The number of hydrogen-bond acceptors (Lipinski definition) is 5. The zero-order chi connectivity index (χ0) is 20.5. The van der Waals surface area contributed by atoms with Crippen LogP contribution in [0.2, 0.25) is 0 Å². The number of aromatic nitrogens is 3. The number of aryl methyl sites for hydroxylation is 1. The first kappa shape index (κ1) is 18.9. The smallest absolute Gasteiger partial charge is 0.313 e. The third-order valence-corrected chi connectivity index (χ3v) is 5.50. The second-order valence-corrected chi connectivity index (χ2v) is 7.75. The molecule has 8 heteroatoms. The molecule has 150 valence electrons. The fourth-order valence-electron chi connectivity index (χ4n) is 3.85. The maximum absolute atomic E-state index is 13.0. The standard InChI is InChI=1S/C21H24N6O2/c1-12-3-6-18(14-4-5-15-9-24-26-17(15)8-14)27(11-12)21(29)20(28)25-16-7-13(2)19(22)23-10-16/h4-5,7-10,12,18H,3,6,11H2,1-2H3,(H2,22,23)(H,24,26)(H,25,28)/t12-,18+/m1/s1. The van der Waals surface area contributed by atoms with E-state index in [1.807, 2.05) is 18.2 Å². The molecular formula is C21H24N6O2. The Hall–Kier alpha value is -3.42. The second-order valence-electron chi connectivity index (χ2n) is 7.75. The minimum Gasteiger partial charge on any atom is -0.383 e. The van der Waals surface area contributed by atoms with E-state index in [-0.39, 0.29) is 6.04 Å². The van der Waals surface area contributed by atoms with Crippen LogP contribution in [-0.2, 0) is 9.59 Å². The molecule has 0 radical (unpaired) electrons. The van der Waals surface area contributed by atoms with Crippen LogP contribution in [0.5, 0.6) is 0 Å². The van der Waals surface area contributed by atoms with E-state index in [4.69, 9.17) is 5.73 Å². The summed E-state index contributed by atoms with van der Waals surface area (Å²) < 4.78 is 0. The summed E-state index contributed by atoms with van der Waals surface area (Å²) in [6.45, 7) is 4.43. The average molecular weight is 392 g/mol. The Kier molecular flexibility index (Phi) is 4.92. The number of nitrogens with one attached hydrogen (secondary N) is 2. The molecule has 0 spiro atoms. The predicted octanol–water partition coefficient (Wildman–Crippen LogP) is 2.79. The van der Waals surface area contributed by atoms with Crippen LogP contribution >= 0.6 is 0 Å².